The molecule has 0 atom stereocenters. The van der Waals surface area contributed by atoms with Crippen LogP contribution in [-0.4, -0.2) is 64.7 Å². The first-order valence-electron chi connectivity index (χ1n) is 10.1. The highest BCUT2D eigenvalue weighted by Crippen LogP contribution is 2.45. The minimum atomic E-state index is -5.08. The summed E-state index contributed by atoms with van der Waals surface area (Å²) in [7, 11) is 0. The Labute approximate surface area is 192 Å². The van der Waals surface area contributed by atoms with Gasteiger partial charge < -0.3 is 25.4 Å². The van der Waals surface area contributed by atoms with Crippen LogP contribution in [0.4, 0.5) is 13.2 Å². The summed E-state index contributed by atoms with van der Waals surface area (Å²) in [5, 5.41) is 32.8. The molecule has 1 aromatic heterocycles. The summed E-state index contributed by atoms with van der Waals surface area (Å²) >= 11 is 1.63. The van der Waals surface area contributed by atoms with Crippen molar-refractivity contribution in [3.8, 4) is 5.75 Å². The number of phenols is 1. The fourth-order valence-corrected chi connectivity index (χ4v) is 4.40. The predicted molar refractivity (Wildman–Crippen MR) is 114 cm³/mol. The Morgan fingerprint density at radius 2 is 1.85 bits per heavy atom. The lowest BCUT2D eigenvalue weighted by molar-refractivity contribution is -0.192. The summed E-state index contributed by atoms with van der Waals surface area (Å²) in [4.78, 5) is 24.0. The highest BCUT2D eigenvalue weighted by Gasteiger charge is 2.40. The van der Waals surface area contributed by atoms with Crippen molar-refractivity contribution in [1.29, 1.82) is 0 Å². The van der Waals surface area contributed by atoms with E-state index in [-0.39, 0.29) is 18.4 Å². The van der Waals surface area contributed by atoms with E-state index in [1.807, 2.05) is 17.6 Å². The Morgan fingerprint density at radius 3 is 2.39 bits per heavy atom. The van der Waals surface area contributed by atoms with Gasteiger partial charge in [-0.05, 0) is 44.0 Å². The lowest BCUT2D eigenvalue weighted by Crippen LogP contribution is -2.40. The lowest BCUT2D eigenvalue weighted by Gasteiger charge is -2.37. The number of rotatable bonds is 8. The average Bonchev–Trinajstić information content (AvgIpc) is 3.30. The van der Waals surface area contributed by atoms with Crippen molar-refractivity contribution in [2.24, 2.45) is 0 Å². The number of alkyl halides is 3. The molecule has 0 radical (unpaired) electrons. The molecule has 0 unspecified atom stereocenters. The number of aromatic hydroxyl groups is 1. The van der Waals surface area contributed by atoms with Crippen molar-refractivity contribution in [3.05, 3.63) is 45.9 Å². The van der Waals surface area contributed by atoms with Crippen molar-refractivity contribution in [3.63, 3.8) is 0 Å². The van der Waals surface area contributed by atoms with Crippen LogP contribution in [0.3, 0.4) is 0 Å². The molecule has 12 heteroatoms. The molecule has 1 aromatic carbocycles. The minimum absolute atomic E-state index is 0.0149. The van der Waals surface area contributed by atoms with Crippen molar-refractivity contribution < 1.29 is 42.8 Å². The standard InChI is InChI=1S/C19H24N2O4S.C2HF3O2/c22-16-2-1-14(3-10-25-11-4-17(23)24)13-15(16)19(5-7-20-8-6-19)18-21-9-12-26-18;3-2(4,5)1(6)7/h1-2,9,12-13,20,22H,3-8,10-11H2,(H,23,24);(H,6,7). The predicted octanol–water partition coefficient (Wildman–Crippen LogP) is 3.19. The molecule has 2 aromatic rings. The maximum Gasteiger partial charge on any atom is 0.490 e. The molecule has 0 spiro atoms. The Kier molecular flexibility index (Phi) is 9.62. The van der Waals surface area contributed by atoms with Gasteiger partial charge in [0, 0.05) is 17.1 Å². The molecule has 2 heterocycles. The van der Waals surface area contributed by atoms with Crippen LogP contribution in [0.15, 0.2) is 29.8 Å². The molecule has 0 saturated carbocycles. The second-order valence-corrected chi connectivity index (χ2v) is 8.22. The fourth-order valence-electron chi connectivity index (χ4n) is 3.49. The zero-order chi connectivity index (χ0) is 24.5. The number of aromatic nitrogens is 1. The zero-order valence-corrected chi connectivity index (χ0v) is 18.4. The first-order valence-corrected chi connectivity index (χ1v) is 11.0. The summed E-state index contributed by atoms with van der Waals surface area (Å²) < 4.78 is 37.1. The van der Waals surface area contributed by atoms with Gasteiger partial charge in [0.05, 0.1) is 25.0 Å². The largest absolute Gasteiger partial charge is 0.508 e. The average molecular weight is 491 g/mol. The van der Waals surface area contributed by atoms with Gasteiger partial charge in [-0.25, -0.2) is 9.78 Å². The van der Waals surface area contributed by atoms with Crippen LogP contribution in [0, 0.1) is 0 Å². The fraction of sp³-hybridized carbons (Fsp3) is 0.476. The van der Waals surface area contributed by atoms with Crippen LogP contribution < -0.4 is 5.32 Å². The third kappa shape index (κ3) is 7.69. The molecule has 1 aliphatic rings. The van der Waals surface area contributed by atoms with Gasteiger partial charge in [-0.1, -0.05) is 12.1 Å². The molecule has 3 rings (SSSR count). The van der Waals surface area contributed by atoms with E-state index in [9.17, 15) is 23.1 Å². The van der Waals surface area contributed by atoms with Crippen LogP contribution in [0.1, 0.15) is 35.4 Å². The monoisotopic (exact) mass is 490 g/mol. The number of thiazole rings is 1. The van der Waals surface area contributed by atoms with E-state index in [4.69, 9.17) is 19.7 Å². The summed E-state index contributed by atoms with van der Waals surface area (Å²) in [5.74, 6) is -3.31. The number of piperidine rings is 1. The summed E-state index contributed by atoms with van der Waals surface area (Å²) in [6.07, 6.45) is -0.777. The number of hydrogen-bond acceptors (Lipinski definition) is 7. The number of phenolic OH excluding ortho intramolecular Hbond substituents is 1. The molecular weight excluding hydrogens is 465 g/mol. The maximum atomic E-state index is 10.6. The highest BCUT2D eigenvalue weighted by atomic mass is 32.1. The molecule has 1 fully saturated rings. The van der Waals surface area contributed by atoms with E-state index in [2.05, 4.69) is 16.4 Å². The third-order valence-corrected chi connectivity index (χ3v) is 6.09. The van der Waals surface area contributed by atoms with Gasteiger partial charge in [0.2, 0.25) is 0 Å². The van der Waals surface area contributed by atoms with Gasteiger partial charge in [0.1, 0.15) is 10.8 Å². The van der Waals surface area contributed by atoms with Crippen LogP contribution in [0.5, 0.6) is 5.75 Å². The molecule has 4 N–H and O–H groups in total. The number of nitrogens with one attached hydrogen (secondary N) is 1. The van der Waals surface area contributed by atoms with Crippen LogP contribution in [0.2, 0.25) is 0 Å². The molecule has 0 aliphatic carbocycles. The van der Waals surface area contributed by atoms with Crippen molar-refractivity contribution in [2.75, 3.05) is 26.3 Å². The number of nitrogens with zero attached hydrogens (tertiary/aromatic N) is 1. The smallest absolute Gasteiger partial charge is 0.490 e. The topological polar surface area (TPSA) is 129 Å². The molecule has 33 heavy (non-hydrogen) atoms. The Hall–Kier alpha value is -2.70. The zero-order valence-electron chi connectivity index (χ0n) is 17.6. The SMILES string of the molecule is O=C(O)C(F)(F)F.O=C(O)CCOCCc1ccc(O)c(C2(c3nccs3)CCNCC2)c1. The van der Waals surface area contributed by atoms with Crippen molar-refractivity contribution in [2.45, 2.75) is 37.3 Å². The number of ether oxygens (including phenoxy) is 1. The molecule has 1 saturated heterocycles. The maximum absolute atomic E-state index is 10.6. The second kappa shape index (κ2) is 12.0. The lowest BCUT2D eigenvalue weighted by atomic mass is 9.72. The number of halogens is 3. The van der Waals surface area contributed by atoms with E-state index in [0.717, 1.165) is 42.1 Å². The quantitative estimate of drug-likeness (QED) is 0.416. The van der Waals surface area contributed by atoms with Gasteiger partial charge in [0.25, 0.3) is 0 Å². The summed E-state index contributed by atoms with van der Waals surface area (Å²) in [6, 6.07) is 5.71. The first kappa shape index (κ1) is 26.6. The molecule has 0 bridgehead atoms. The van der Waals surface area contributed by atoms with Gasteiger partial charge >= 0.3 is 18.1 Å². The molecule has 182 valence electrons. The number of carboxylic acids is 2. The number of hydrogen-bond donors (Lipinski definition) is 4. The van der Waals surface area contributed by atoms with Gasteiger partial charge in [0.15, 0.2) is 0 Å². The molecule has 0 amide bonds. The van der Waals surface area contributed by atoms with Gasteiger partial charge in [-0.3, -0.25) is 4.79 Å². The molecule has 8 nitrogen and oxygen atoms in total. The van der Waals surface area contributed by atoms with E-state index < -0.39 is 18.1 Å². The van der Waals surface area contributed by atoms with Gasteiger partial charge in [-0.15, -0.1) is 11.3 Å². The van der Waals surface area contributed by atoms with Gasteiger partial charge in [-0.2, -0.15) is 13.2 Å². The van der Waals surface area contributed by atoms with Crippen molar-refractivity contribution in [1.82, 2.24) is 10.3 Å². The van der Waals surface area contributed by atoms with E-state index in [1.165, 1.54) is 0 Å². The second-order valence-electron chi connectivity index (χ2n) is 7.33. The summed E-state index contributed by atoms with van der Waals surface area (Å²) in [6.45, 7) is 2.46. The Morgan fingerprint density at radius 1 is 1.18 bits per heavy atom. The number of carbonyl (C=O) groups is 2. The molecule has 1 aliphatic heterocycles. The Bertz CT molecular complexity index is 915. The van der Waals surface area contributed by atoms with E-state index in [1.54, 1.807) is 17.4 Å². The van der Waals surface area contributed by atoms with Crippen LogP contribution in [0.25, 0.3) is 0 Å². The van der Waals surface area contributed by atoms with E-state index >= 15 is 0 Å². The van der Waals surface area contributed by atoms with Crippen molar-refractivity contribution >= 4 is 23.3 Å². The number of aliphatic carboxylic acids is 2. The first-order chi connectivity index (χ1) is 15.6. The minimum Gasteiger partial charge on any atom is -0.508 e. The van der Waals surface area contributed by atoms with E-state index in [0.29, 0.717) is 18.8 Å². The highest BCUT2D eigenvalue weighted by molar-refractivity contribution is 7.09. The van der Waals surface area contributed by atoms with Crippen LogP contribution >= 0.6 is 11.3 Å². The number of benzene rings is 1. The molecular formula is C21H25F3N2O6S. The van der Waals surface area contributed by atoms with Crippen LogP contribution in [-0.2, 0) is 26.2 Å². The Balaban J connectivity index is 0.000000479. The number of carboxylic acid groups (broad SMARTS) is 2. The summed E-state index contributed by atoms with van der Waals surface area (Å²) in [5.41, 5.74) is 1.74. The third-order valence-electron chi connectivity index (χ3n) is 5.11. The normalized spacial score (nSPS) is 15.4.